The van der Waals surface area contributed by atoms with Gasteiger partial charge in [0.1, 0.15) is 5.76 Å². The number of hydrogen-bond acceptors (Lipinski definition) is 5. The van der Waals surface area contributed by atoms with Gasteiger partial charge in [-0.05, 0) is 25.5 Å². The Bertz CT molecular complexity index is 560. The molecule has 2 rings (SSSR count). The highest BCUT2D eigenvalue weighted by Gasteiger charge is 2.13. The summed E-state index contributed by atoms with van der Waals surface area (Å²) in [7, 11) is 0. The van der Waals surface area contributed by atoms with Gasteiger partial charge in [0.25, 0.3) is 0 Å². The van der Waals surface area contributed by atoms with Crippen molar-refractivity contribution in [1.82, 2.24) is 4.98 Å². The molecular weight excluding hydrogens is 266 g/mol. The number of nitrogen functional groups attached to an aromatic ring is 1. The molecular formula is C13H16F2N4O. The number of nitrogens with one attached hydrogen (secondary N) is 2. The minimum atomic E-state index is -0.834. The average Bonchev–Trinajstić information content (AvgIpc) is 2.93. The molecule has 0 spiro atoms. The summed E-state index contributed by atoms with van der Waals surface area (Å²) in [5.41, 5.74) is 2.08. The van der Waals surface area contributed by atoms with Gasteiger partial charge >= 0.3 is 0 Å². The average molecular weight is 282 g/mol. The van der Waals surface area contributed by atoms with E-state index in [0.717, 1.165) is 18.2 Å². The van der Waals surface area contributed by atoms with E-state index in [1.165, 1.54) is 0 Å². The third kappa shape index (κ3) is 3.45. The number of pyridine rings is 1. The van der Waals surface area contributed by atoms with Crippen LogP contribution in [0.2, 0.25) is 0 Å². The quantitative estimate of drug-likeness (QED) is 0.561. The third-order valence-corrected chi connectivity index (χ3v) is 2.85. The molecule has 0 radical (unpaired) electrons. The zero-order chi connectivity index (χ0) is 14.5. The second-order valence-electron chi connectivity index (χ2n) is 4.46. The maximum Gasteiger partial charge on any atom is 0.178 e. The van der Waals surface area contributed by atoms with E-state index in [1.54, 1.807) is 6.26 Å². The first-order valence-corrected chi connectivity index (χ1v) is 6.21. The molecule has 0 amide bonds. The Balaban J connectivity index is 1.98. The van der Waals surface area contributed by atoms with Crippen molar-refractivity contribution in [1.29, 1.82) is 0 Å². The molecule has 0 saturated carbocycles. The van der Waals surface area contributed by atoms with Gasteiger partial charge in [0, 0.05) is 18.5 Å². The molecule has 108 valence electrons. The largest absolute Gasteiger partial charge is 0.469 e. The molecule has 1 atom stereocenters. The van der Waals surface area contributed by atoms with Crippen molar-refractivity contribution >= 4 is 11.6 Å². The summed E-state index contributed by atoms with van der Waals surface area (Å²) in [5.74, 6) is 4.14. The maximum absolute atomic E-state index is 13.6. The molecule has 0 fully saturated rings. The van der Waals surface area contributed by atoms with Crippen molar-refractivity contribution < 1.29 is 13.2 Å². The maximum atomic E-state index is 13.6. The van der Waals surface area contributed by atoms with E-state index >= 15 is 0 Å². The van der Waals surface area contributed by atoms with Gasteiger partial charge in [0.15, 0.2) is 23.3 Å². The molecule has 0 bridgehead atoms. The summed E-state index contributed by atoms with van der Waals surface area (Å²) < 4.78 is 32.0. The van der Waals surface area contributed by atoms with Crippen molar-refractivity contribution in [2.24, 2.45) is 5.84 Å². The van der Waals surface area contributed by atoms with Crippen LogP contribution in [-0.4, -0.2) is 11.0 Å². The fourth-order valence-corrected chi connectivity index (χ4v) is 1.79. The van der Waals surface area contributed by atoms with E-state index in [1.807, 2.05) is 19.1 Å². The second kappa shape index (κ2) is 6.33. The first-order valence-electron chi connectivity index (χ1n) is 6.21. The molecule has 0 saturated heterocycles. The zero-order valence-electron chi connectivity index (χ0n) is 11.0. The third-order valence-electron chi connectivity index (χ3n) is 2.85. The van der Waals surface area contributed by atoms with Crippen molar-refractivity contribution in [2.75, 3.05) is 10.7 Å². The minimum absolute atomic E-state index is 0.0358. The first-order chi connectivity index (χ1) is 9.60. The van der Waals surface area contributed by atoms with Gasteiger partial charge in [0.05, 0.1) is 6.26 Å². The molecule has 20 heavy (non-hydrogen) atoms. The lowest BCUT2D eigenvalue weighted by Gasteiger charge is -2.15. The molecule has 1 unspecified atom stereocenters. The first kappa shape index (κ1) is 14.3. The van der Waals surface area contributed by atoms with Crippen LogP contribution in [0.3, 0.4) is 0 Å². The Morgan fingerprint density at radius 2 is 2.10 bits per heavy atom. The molecule has 2 aromatic heterocycles. The molecule has 0 aliphatic heterocycles. The van der Waals surface area contributed by atoms with Crippen molar-refractivity contribution in [3.8, 4) is 0 Å². The van der Waals surface area contributed by atoms with E-state index in [4.69, 9.17) is 10.3 Å². The van der Waals surface area contributed by atoms with Crippen LogP contribution in [0.25, 0.3) is 0 Å². The van der Waals surface area contributed by atoms with Crippen LogP contribution in [0, 0.1) is 11.6 Å². The number of halogens is 2. The fraction of sp³-hybridized carbons (Fsp3) is 0.308. The fourth-order valence-electron chi connectivity index (χ4n) is 1.79. The number of aryl methyl sites for hydroxylation is 1. The predicted octanol–water partition coefficient (Wildman–Crippen LogP) is 2.67. The van der Waals surface area contributed by atoms with E-state index in [9.17, 15) is 8.78 Å². The Kier molecular flexibility index (Phi) is 4.52. The van der Waals surface area contributed by atoms with Crippen LogP contribution in [0.5, 0.6) is 0 Å². The normalized spacial score (nSPS) is 12.2. The number of aromatic nitrogens is 1. The lowest BCUT2D eigenvalue weighted by molar-refractivity contribution is 0.494. The monoisotopic (exact) mass is 282 g/mol. The van der Waals surface area contributed by atoms with E-state index in [2.05, 4.69) is 15.7 Å². The highest BCUT2D eigenvalue weighted by Crippen LogP contribution is 2.19. The highest BCUT2D eigenvalue weighted by molar-refractivity contribution is 5.47. The van der Waals surface area contributed by atoms with Crippen LogP contribution < -0.4 is 16.6 Å². The lowest BCUT2D eigenvalue weighted by Crippen LogP contribution is -2.19. The Labute approximate surface area is 115 Å². The van der Waals surface area contributed by atoms with Crippen LogP contribution >= 0.6 is 0 Å². The van der Waals surface area contributed by atoms with Crippen molar-refractivity contribution in [3.05, 3.63) is 41.9 Å². The Morgan fingerprint density at radius 3 is 2.75 bits per heavy atom. The standard InChI is InChI=1S/C13H16F2N4O/c1-8(4-5-9-3-2-6-20-9)17-12-10(14)7-11(15)13(18-12)19-16/h2-3,6-8H,4-5,16H2,1H3,(H2,17,18,19). The van der Waals surface area contributed by atoms with Gasteiger partial charge < -0.3 is 15.2 Å². The smallest absolute Gasteiger partial charge is 0.178 e. The van der Waals surface area contributed by atoms with Gasteiger partial charge in [-0.2, -0.15) is 0 Å². The molecule has 7 heteroatoms. The SMILES string of the molecule is CC(CCc1ccco1)Nc1nc(NN)c(F)cc1F. The van der Waals surface area contributed by atoms with Crippen molar-refractivity contribution in [2.45, 2.75) is 25.8 Å². The Morgan fingerprint density at radius 1 is 1.35 bits per heavy atom. The van der Waals surface area contributed by atoms with Crippen LogP contribution in [0.4, 0.5) is 20.4 Å². The van der Waals surface area contributed by atoms with Crippen molar-refractivity contribution in [3.63, 3.8) is 0 Å². The summed E-state index contributed by atoms with van der Waals surface area (Å²) in [6.45, 7) is 1.88. The van der Waals surface area contributed by atoms with E-state index in [0.29, 0.717) is 6.42 Å². The molecule has 2 heterocycles. The number of rotatable bonds is 6. The van der Waals surface area contributed by atoms with Gasteiger partial charge in [0.2, 0.25) is 0 Å². The minimum Gasteiger partial charge on any atom is -0.469 e. The summed E-state index contributed by atoms with van der Waals surface area (Å²) in [4.78, 5) is 3.75. The number of hydrazine groups is 1. The summed E-state index contributed by atoms with van der Waals surface area (Å²) in [6.07, 6.45) is 3.04. The topological polar surface area (TPSA) is 76.1 Å². The van der Waals surface area contributed by atoms with E-state index in [-0.39, 0.29) is 17.7 Å². The molecule has 0 aliphatic rings. The number of nitrogens with zero attached hydrogens (tertiary/aromatic N) is 1. The van der Waals surface area contributed by atoms with Crippen LogP contribution in [0.15, 0.2) is 28.9 Å². The number of nitrogens with two attached hydrogens (primary N) is 1. The predicted molar refractivity (Wildman–Crippen MR) is 72.1 cm³/mol. The van der Waals surface area contributed by atoms with Crippen LogP contribution in [-0.2, 0) is 6.42 Å². The highest BCUT2D eigenvalue weighted by atomic mass is 19.1. The van der Waals surface area contributed by atoms with E-state index < -0.39 is 11.6 Å². The zero-order valence-corrected chi connectivity index (χ0v) is 11.0. The molecule has 0 aromatic carbocycles. The van der Waals surface area contributed by atoms with Gasteiger partial charge in [-0.15, -0.1) is 0 Å². The number of hydrogen-bond donors (Lipinski definition) is 3. The summed E-state index contributed by atoms with van der Waals surface area (Å²) in [6, 6.07) is 4.37. The summed E-state index contributed by atoms with van der Waals surface area (Å²) >= 11 is 0. The lowest BCUT2D eigenvalue weighted by atomic mass is 10.1. The van der Waals surface area contributed by atoms with Gasteiger partial charge in [-0.25, -0.2) is 19.6 Å². The number of anilines is 2. The molecule has 0 aliphatic carbocycles. The molecule has 2 aromatic rings. The van der Waals surface area contributed by atoms with Gasteiger partial charge in [-0.1, -0.05) is 0 Å². The number of furan rings is 1. The molecule has 4 N–H and O–H groups in total. The molecule has 5 nitrogen and oxygen atoms in total. The summed E-state index contributed by atoms with van der Waals surface area (Å²) in [5, 5.41) is 2.88. The Hall–Kier alpha value is -2.15. The van der Waals surface area contributed by atoms with Crippen LogP contribution in [0.1, 0.15) is 19.1 Å². The van der Waals surface area contributed by atoms with Gasteiger partial charge in [-0.3, -0.25) is 0 Å². The second-order valence-corrected chi connectivity index (χ2v) is 4.46.